The predicted octanol–water partition coefficient (Wildman–Crippen LogP) is 4.24. The quantitative estimate of drug-likeness (QED) is 0.762. The second-order valence-corrected chi connectivity index (χ2v) is 5.29. The topological polar surface area (TPSA) is 42.5 Å². The highest BCUT2D eigenvalue weighted by atomic mass is 32.1. The van der Waals surface area contributed by atoms with Gasteiger partial charge in [-0.3, -0.25) is 0 Å². The van der Waals surface area contributed by atoms with Gasteiger partial charge in [-0.25, -0.2) is 0 Å². The summed E-state index contributed by atoms with van der Waals surface area (Å²) in [6.07, 6.45) is 1.84. The standard InChI is InChI=1S/C15H22N2O2S2/c1-4-8-18-14(20)16-12-7-6-11(3)13(10-12)17-15(21)19-9-5-2/h6-7,10H,4-5,8-9H2,1-3H3,(H,16,20)(H,17,21). The Labute approximate surface area is 137 Å². The molecule has 1 aromatic carbocycles. The Kier molecular flexibility index (Phi) is 8.00. The van der Waals surface area contributed by atoms with Gasteiger partial charge in [-0.15, -0.1) is 0 Å². The van der Waals surface area contributed by atoms with Crippen LogP contribution in [-0.4, -0.2) is 23.6 Å². The van der Waals surface area contributed by atoms with Gasteiger partial charge in [0.1, 0.15) is 0 Å². The van der Waals surface area contributed by atoms with Crippen LogP contribution < -0.4 is 10.6 Å². The fraction of sp³-hybridized carbons (Fsp3) is 0.467. The Bertz CT molecular complexity index is 493. The first-order chi connectivity index (χ1) is 10.1. The van der Waals surface area contributed by atoms with E-state index in [4.69, 9.17) is 33.9 Å². The number of anilines is 2. The zero-order valence-electron chi connectivity index (χ0n) is 12.7. The Morgan fingerprint density at radius 3 is 2.14 bits per heavy atom. The molecule has 0 fully saturated rings. The summed E-state index contributed by atoms with van der Waals surface area (Å²) in [4.78, 5) is 0. The maximum Gasteiger partial charge on any atom is 0.261 e. The lowest BCUT2D eigenvalue weighted by Crippen LogP contribution is -2.16. The van der Waals surface area contributed by atoms with Crippen molar-refractivity contribution in [3.8, 4) is 0 Å². The Morgan fingerprint density at radius 2 is 1.57 bits per heavy atom. The highest BCUT2D eigenvalue weighted by Crippen LogP contribution is 2.20. The molecule has 1 rings (SSSR count). The van der Waals surface area contributed by atoms with Crippen molar-refractivity contribution in [3.05, 3.63) is 23.8 Å². The van der Waals surface area contributed by atoms with E-state index >= 15 is 0 Å². The number of aryl methyl sites for hydroxylation is 1. The Morgan fingerprint density at radius 1 is 1.00 bits per heavy atom. The molecule has 0 aliphatic carbocycles. The van der Waals surface area contributed by atoms with Gasteiger partial charge in [-0.05, 0) is 61.9 Å². The van der Waals surface area contributed by atoms with Crippen molar-refractivity contribution in [1.29, 1.82) is 0 Å². The average molecular weight is 326 g/mol. The monoisotopic (exact) mass is 326 g/mol. The summed E-state index contributed by atoms with van der Waals surface area (Å²) in [6, 6.07) is 5.85. The van der Waals surface area contributed by atoms with Gasteiger partial charge in [-0.1, -0.05) is 19.9 Å². The minimum atomic E-state index is 0.372. The van der Waals surface area contributed by atoms with Crippen LogP contribution in [0.5, 0.6) is 0 Å². The fourth-order valence-electron chi connectivity index (χ4n) is 1.52. The largest absolute Gasteiger partial charge is 0.471 e. The molecule has 116 valence electrons. The van der Waals surface area contributed by atoms with E-state index in [0.29, 0.717) is 23.6 Å². The fourth-order valence-corrected chi connectivity index (χ4v) is 1.92. The molecular weight excluding hydrogens is 304 g/mol. The molecule has 0 atom stereocenters. The summed E-state index contributed by atoms with van der Waals surface area (Å²) >= 11 is 10.3. The lowest BCUT2D eigenvalue weighted by molar-refractivity contribution is 0.312. The summed E-state index contributed by atoms with van der Waals surface area (Å²) in [5.74, 6) is 0. The molecule has 0 bridgehead atoms. The normalized spacial score (nSPS) is 9.86. The molecule has 6 heteroatoms. The van der Waals surface area contributed by atoms with Crippen molar-refractivity contribution in [1.82, 2.24) is 0 Å². The number of hydrogen-bond donors (Lipinski definition) is 2. The molecule has 0 saturated heterocycles. The van der Waals surface area contributed by atoms with Crippen LogP contribution >= 0.6 is 24.4 Å². The summed E-state index contributed by atoms with van der Waals surface area (Å²) in [5.41, 5.74) is 2.81. The number of hydrogen-bond acceptors (Lipinski definition) is 4. The van der Waals surface area contributed by atoms with Crippen LogP contribution in [0.1, 0.15) is 32.3 Å². The van der Waals surface area contributed by atoms with E-state index in [2.05, 4.69) is 10.6 Å². The number of nitrogens with one attached hydrogen (secondary N) is 2. The van der Waals surface area contributed by atoms with Crippen molar-refractivity contribution in [2.45, 2.75) is 33.6 Å². The van der Waals surface area contributed by atoms with E-state index in [1.807, 2.05) is 39.0 Å². The number of thiocarbonyl (C=S) groups is 2. The third kappa shape index (κ3) is 6.73. The van der Waals surface area contributed by atoms with E-state index in [9.17, 15) is 0 Å². The molecule has 0 aliphatic rings. The Hall–Kier alpha value is -1.40. The molecule has 0 saturated carbocycles. The van der Waals surface area contributed by atoms with Crippen molar-refractivity contribution in [3.63, 3.8) is 0 Å². The molecule has 21 heavy (non-hydrogen) atoms. The first-order valence-electron chi connectivity index (χ1n) is 7.05. The van der Waals surface area contributed by atoms with Gasteiger partial charge in [-0.2, -0.15) is 0 Å². The Balaban J connectivity index is 2.66. The molecule has 0 unspecified atom stereocenters. The van der Waals surface area contributed by atoms with Gasteiger partial charge in [0.2, 0.25) is 0 Å². The zero-order valence-corrected chi connectivity index (χ0v) is 14.3. The third-order valence-corrected chi connectivity index (χ3v) is 3.04. The van der Waals surface area contributed by atoms with Gasteiger partial charge < -0.3 is 20.1 Å². The number of ether oxygens (including phenoxy) is 2. The van der Waals surface area contributed by atoms with Gasteiger partial charge in [0, 0.05) is 11.4 Å². The summed E-state index contributed by atoms with van der Waals surface area (Å²) in [6.45, 7) is 7.29. The summed E-state index contributed by atoms with van der Waals surface area (Å²) in [7, 11) is 0. The van der Waals surface area contributed by atoms with Crippen LogP contribution in [-0.2, 0) is 9.47 Å². The van der Waals surface area contributed by atoms with Gasteiger partial charge in [0.15, 0.2) is 0 Å². The highest BCUT2D eigenvalue weighted by Gasteiger charge is 2.05. The molecule has 0 aromatic heterocycles. The van der Waals surface area contributed by atoms with Gasteiger partial charge in [0.25, 0.3) is 10.3 Å². The molecule has 2 N–H and O–H groups in total. The maximum absolute atomic E-state index is 5.37. The van der Waals surface area contributed by atoms with E-state index in [1.165, 1.54) is 0 Å². The smallest absolute Gasteiger partial charge is 0.261 e. The zero-order chi connectivity index (χ0) is 15.7. The molecule has 4 nitrogen and oxygen atoms in total. The van der Waals surface area contributed by atoms with Gasteiger partial charge >= 0.3 is 0 Å². The lowest BCUT2D eigenvalue weighted by atomic mass is 10.2. The first kappa shape index (κ1) is 17.7. The van der Waals surface area contributed by atoms with Crippen molar-refractivity contribution < 1.29 is 9.47 Å². The van der Waals surface area contributed by atoms with E-state index in [1.54, 1.807) is 0 Å². The van der Waals surface area contributed by atoms with E-state index < -0.39 is 0 Å². The van der Waals surface area contributed by atoms with E-state index in [-0.39, 0.29) is 0 Å². The SMILES string of the molecule is CCCOC(=S)Nc1ccc(C)c(NC(=S)OCCC)c1. The van der Waals surface area contributed by atoms with Crippen molar-refractivity contribution in [2.75, 3.05) is 23.8 Å². The molecule has 0 heterocycles. The molecule has 1 aromatic rings. The van der Waals surface area contributed by atoms with Crippen LogP contribution in [0.25, 0.3) is 0 Å². The van der Waals surface area contributed by atoms with Crippen LogP contribution in [0.15, 0.2) is 18.2 Å². The van der Waals surface area contributed by atoms with Crippen molar-refractivity contribution in [2.24, 2.45) is 0 Å². The van der Waals surface area contributed by atoms with E-state index in [0.717, 1.165) is 29.8 Å². The molecular formula is C15H22N2O2S2. The lowest BCUT2D eigenvalue weighted by Gasteiger charge is -2.14. The highest BCUT2D eigenvalue weighted by molar-refractivity contribution is 7.80. The molecule has 0 aliphatic heterocycles. The van der Waals surface area contributed by atoms with Crippen LogP contribution in [0.2, 0.25) is 0 Å². The van der Waals surface area contributed by atoms with Crippen LogP contribution in [0.4, 0.5) is 11.4 Å². The molecule has 0 radical (unpaired) electrons. The second kappa shape index (κ2) is 9.52. The number of rotatable bonds is 6. The second-order valence-electron chi connectivity index (χ2n) is 4.55. The summed E-state index contributed by atoms with van der Waals surface area (Å²) in [5, 5.41) is 6.88. The molecule has 0 amide bonds. The minimum Gasteiger partial charge on any atom is -0.471 e. The minimum absolute atomic E-state index is 0.372. The van der Waals surface area contributed by atoms with Crippen molar-refractivity contribution >= 4 is 46.2 Å². The van der Waals surface area contributed by atoms with Crippen LogP contribution in [0, 0.1) is 6.92 Å². The predicted molar refractivity (Wildman–Crippen MR) is 96.1 cm³/mol. The third-order valence-electron chi connectivity index (χ3n) is 2.60. The molecule has 0 spiro atoms. The summed E-state index contributed by atoms with van der Waals surface area (Å²) < 4.78 is 10.7. The maximum atomic E-state index is 5.37. The number of benzene rings is 1. The van der Waals surface area contributed by atoms with Gasteiger partial charge in [0.05, 0.1) is 13.2 Å². The average Bonchev–Trinajstić information content (AvgIpc) is 2.46. The van der Waals surface area contributed by atoms with Crippen LogP contribution in [0.3, 0.4) is 0 Å². The first-order valence-corrected chi connectivity index (χ1v) is 7.86.